The molecule has 0 spiro atoms. The summed E-state index contributed by atoms with van der Waals surface area (Å²) in [5.41, 5.74) is 0.287. The SMILES string of the molecule is CCCOC(=O)CCC(=O)NC(=S)Nc1cccc([N+](=O)[O-])c1. The van der Waals surface area contributed by atoms with Gasteiger partial charge in [0.2, 0.25) is 5.91 Å². The van der Waals surface area contributed by atoms with Crippen molar-refractivity contribution in [2.24, 2.45) is 0 Å². The minimum Gasteiger partial charge on any atom is -0.466 e. The lowest BCUT2D eigenvalue weighted by Crippen LogP contribution is -2.34. The highest BCUT2D eigenvalue weighted by Crippen LogP contribution is 2.16. The molecule has 0 saturated carbocycles. The molecule has 1 rings (SSSR count). The first-order chi connectivity index (χ1) is 10.9. The molecule has 0 aliphatic rings. The minimum absolute atomic E-state index is 0.00239. The molecule has 0 aromatic heterocycles. The van der Waals surface area contributed by atoms with Crippen LogP contribution in [0.1, 0.15) is 26.2 Å². The van der Waals surface area contributed by atoms with E-state index in [0.29, 0.717) is 12.3 Å². The monoisotopic (exact) mass is 339 g/mol. The van der Waals surface area contributed by atoms with Crippen molar-refractivity contribution in [3.8, 4) is 0 Å². The first-order valence-corrected chi connectivity index (χ1v) is 7.34. The van der Waals surface area contributed by atoms with Gasteiger partial charge in [0.1, 0.15) is 0 Å². The fourth-order valence-corrected chi connectivity index (χ4v) is 1.78. The van der Waals surface area contributed by atoms with Gasteiger partial charge >= 0.3 is 5.97 Å². The van der Waals surface area contributed by atoms with Crippen molar-refractivity contribution in [3.63, 3.8) is 0 Å². The zero-order chi connectivity index (χ0) is 17.2. The number of benzene rings is 1. The second kappa shape index (κ2) is 9.46. The average molecular weight is 339 g/mol. The van der Waals surface area contributed by atoms with Crippen molar-refractivity contribution in [2.75, 3.05) is 11.9 Å². The van der Waals surface area contributed by atoms with E-state index in [4.69, 9.17) is 17.0 Å². The molecular formula is C14H17N3O5S. The van der Waals surface area contributed by atoms with Crippen molar-refractivity contribution >= 4 is 40.6 Å². The molecule has 0 radical (unpaired) electrons. The zero-order valence-corrected chi connectivity index (χ0v) is 13.4. The van der Waals surface area contributed by atoms with Crippen molar-refractivity contribution in [3.05, 3.63) is 34.4 Å². The number of thiocarbonyl (C=S) groups is 1. The number of ether oxygens (including phenoxy) is 1. The standard InChI is InChI=1S/C14H17N3O5S/c1-2-8-22-13(19)7-6-12(18)16-14(23)15-10-4-3-5-11(9-10)17(20)21/h3-5,9H,2,6-8H2,1H3,(H2,15,16,18,23). The maximum atomic E-state index is 11.6. The Balaban J connectivity index is 2.41. The van der Waals surface area contributed by atoms with Crippen LogP contribution < -0.4 is 10.6 Å². The number of carbonyl (C=O) groups is 2. The molecule has 0 saturated heterocycles. The van der Waals surface area contributed by atoms with E-state index in [2.05, 4.69) is 10.6 Å². The average Bonchev–Trinajstić information content (AvgIpc) is 2.51. The first-order valence-electron chi connectivity index (χ1n) is 6.93. The Hall–Kier alpha value is -2.55. The van der Waals surface area contributed by atoms with Gasteiger partial charge in [0, 0.05) is 24.2 Å². The van der Waals surface area contributed by atoms with Crippen molar-refractivity contribution in [1.82, 2.24) is 5.32 Å². The highest BCUT2D eigenvalue weighted by molar-refractivity contribution is 7.80. The number of non-ortho nitro benzene ring substituents is 1. The molecule has 0 aliphatic heterocycles. The van der Waals surface area contributed by atoms with E-state index in [1.165, 1.54) is 18.2 Å². The number of hydrogen-bond donors (Lipinski definition) is 2. The molecule has 0 unspecified atom stereocenters. The third kappa shape index (κ3) is 7.32. The number of carbonyl (C=O) groups excluding carboxylic acids is 2. The summed E-state index contributed by atoms with van der Waals surface area (Å²) in [5.74, 6) is -0.888. The highest BCUT2D eigenvalue weighted by Gasteiger charge is 2.10. The Morgan fingerprint density at radius 3 is 2.74 bits per heavy atom. The van der Waals surface area contributed by atoms with Crippen LogP contribution in [-0.2, 0) is 14.3 Å². The van der Waals surface area contributed by atoms with Crippen LogP contribution in [0.4, 0.5) is 11.4 Å². The molecule has 1 aromatic carbocycles. The number of nitro benzene ring substituents is 1. The van der Waals surface area contributed by atoms with E-state index >= 15 is 0 Å². The van der Waals surface area contributed by atoms with Crippen LogP contribution in [0.15, 0.2) is 24.3 Å². The van der Waals surface area contributed by atoms with Crippen LogP contribution in [0.5, 0.6) is 0 Å². The number of nitrogens with one attached hydrogen (secondary N) is 2. The number of anilines is 1. The summed E-state index contributed by atoms with van der Waals surface area (Å²) in [7, 11) is 0. The Kier molecular flexibility index (Phi) is 7.61. The van der Waals surface area contributed by atoms with E-state index in [1.54, 1.807) is 6.07 Å². The summed E-state index contributed by atoms with van der Waals surface area (Å²) < 4.78 is 4.85. The van der Waals surface area contributed by atoms with Gasteiger partial charge in [-0.05, 0) is 24.7 Å². The van der Waals surface area contributed by atoms with Gasteiger partial charge < -0.3 is 15.4 Å². The molecule has 0 aliphatic carbocycles. The maximum absolute atomic E-state index is 11.6. The number of amides is 1. The van der Waals surface area contributed by atoms with Gasteiger partial charge in [-0.2, -0.15) is 0 Å². The Bertz CT molecular complexity index is 606. The predicted molar refractivity (Wildman–Crippen MR) is 87.9 cm³/mol. The normalized spacial score (nSPS) is 9.78. The van der Waals surface area contributed by atoms with Gasteiger partial charge in [-0.1, -0.05) is 13.0 Å². The number of nitrogens with zero attached hydrogens (tertiary/aromatic N) is 1. The summed E-state index contributed by atoms with van der Waals surface area (Å²) in [6.07, 6.45) is 0.625. The number of rotatable bonds is 7. The van der Waals surface area contributed by atoms with Crippen LogP contribution in [0.25, 0.3) is 0 Å². The van der Waals surface area contributed by atoms with Crippen LogP contribution in [-0.4, -0.2) is 28.5 Å². The van der Waals surface area contributed by atoms with Crippen molar-refractivity contribution in [2.45, 2.75) is 26.2 Å². The lowest BCUT2D eigenvalue weighted by molar-refractivity contribution is -0.384. The van der Waals surface area contributed by atoms with Crippen LogP contribution in [0.3, 0.4) is 0 Å². The fraction of sp³-hybridized carbons (Fsp3) is 0.357. The van der Waals surface area contributed by atoms with E-state index in [0.717, 1.165) is 6.42 Å². The quantitative estimate of drug-likeness (QED) is 0.339. The summed E-state index contributed by atoms with van der Waals surface area (Å²) in [4.78, 5) is 33.1. The lowest BCUT2D eigenvalue weighted by Gasteiger charge is -2.09. The van der Waals surface area contributed by atoms with Gasteiger partial charge in [0.05, 0.1) is 18.0 Å². The fourth-order valence-electron chi connectivity index (χ4n) is 1.55. The smallest absolute Gasteiger partial charge is 0.306 e. The summed E-state index contributed by atoms with van der Waals surface area (Å²) in [6.45, 7) is 2.20. The Labute approximate surface area is 138 Å². The third-order valence-corrected chi connectivity index (χ3v) is 2.80. The van der Waals surface area contributed by atoms with Crippen molar-refractivity contribution < 1.29 is 19.2 Å². The Morgan fingerprint density at radius 1 is 1.35 bits per heavy atom. The molecule has 0 bridgehead atoms. The lowest BCUT2D eigenvalue weighted by atomic mass is 10.3. The van der Waals surface area contributed by atoms with E-state index in [-0.39, 0.29) is 23.6 Å². The summed E-state index contributed by atoms with van der Waals surface area (Å²) >= 11 is 4.94. The topological polar surface area (TPSA) is 111 Å². The number of nitro groups is 1. The van der Waals surface area contributed by atoms with Gasteiger partial charge in [0.15, 0.2) is 5.11 Å². The van der Waals surface area contributed by atoms with Gasteiger partial charge in [0.25, 0.3) is 5.69 Å². The number of esters is 1. The van der Waals surface area contributed by atoms with E-state index < -0.39 is 16.8 Å². The highest BCUT2D eigenvalue weighted by atomic mass is 32.1. The second-order valence-corrected chi connectivity index (χ2v) is 4.94. The van der Waals surface area contributed by atoms with Gasteiger partial charge in [-0.25, -0.2) is 0 Å². The molecule has 124 valence electrons. The maximum Gasteiger partial charge on any atom is 0.306 e. The van der Waals surface area contributed by atoms with Gasteiger partial charge in [-0.3, -0.25) is 19.7 Å². The molecule has 2 N–H and O–H groups in total. The zero-order valence-electron chi connectivity index (χ0n) is 12.5. The van der Waals surface area contributed by atoms with Crippen LogP contribution in [0.2, 0.25) is 0 Å². The molecule has 1 amide bonds. The molecular weight excluding hydrogens is 322 g/mol. The molecule has 0 atom stereocenters. The number of hydrogen-bond acceptors (Lipinski definition) is 6. The molecule has 23 heavy (non-hydrogen) atoms. The largest absolute Gasteiger partial charge is 0.466 e. The predicted octanol–water partition coefficient (Wildman–Crippen LogP) is 2.14. The van der Waals surface area contributed by atoms with E-state index in [1.807, 2.05) is 6.92 Å². The van der Waals surface area contributed by atoms with Crippen LogP contribution >= 0.6 is 12.2 Å². The first kappa shape index (κ1) is 18.5. The van der Waals surface area contributed by atoms with Crippen molar-refractivity contribution in [1.29, 1.82) is 0 Å². The second-order valence-electron chi connectivity index (χ2n) is 4.53. The molecule has 0 fully saturated rings. The van der Waals surface area contributed by atoms with E-state index in [9.17, 15) is 19.7 Å². The summed E-state index contributed by atoms with van der Waals surface area (Å²) in [5, 5.41) is 15.7. The van der Waals surface area contributed by atoms with Gasteiger partial charge in [-0.15, -0.1) is 0 Å². The minimum atomic E-state index is -0.533. The van der Waals surface area contributed by atoms with Crippen LogP contribution in [0, 0.1) is 10.1 Å². The molecule has 9 heteroatoms. The molecule has 1 aromatic rings. The molecule has 0 heterocycles. The molecule has 8 nitrogen and oxygen atoms in total. The Morgan fingerprint density at radius 2 is 2.09 bits per heavy atom. The third-order valence-electron chi connectivity index (χ3n) is 2.59. The summed E-state index contributed by atoms with van der Waals surface area (Å²) in [6, 6.07) is 5.71.